The minimum absolute atomic E-state index is 0.0100. The smallest absolute Gasteiger partial charge is 0.246 e. The number of nitrogens with one attached hydrogen (secondary N) is 4. The third-order valence-electron chi connectivity index (χ3n) is 13.8. The third kappa shape index (κ3) is 8.26. The van der Waals surface area contributed by atoms with E-state index in [0.717, 1.165) is 83.8 Å². The van der Waals surface area contributed by atoms with Crippen LogP contribution < -0.4 is 10.6 Å². The summed E-state index contributed by atoms with van der Waals surface area (Å²) in [6, 6.07) is 15.3. The predicted octanol–water partition coefficient (Wildman–Crippen LogP) is 7.83. The lowest BCUT2D eigenvalue weighted by Gasteiger charge is -2.33. The van der Waals surface area contributed by atoms with Gasteiger partial charge in [-0.05, 0) is 98.3 Å². The van der Waals surface area contributed by atoms with Gasteiger partial charge in [0.1, 0.15) is 23.7 Å². The number of imidazole rings is 2. The first kappa shape index (κ1) is 41.5. The molecule has 2 aromatic heterocycles. The number of carbonyl (C=O) groups excluding carboxylic acids is 4. The van der Waals surface area contributed by atoms with E-state index < -0.39 is 12.1 Å². The largest absolute Gasteiger partial charge is 0.344 e. The van der Waals surface area contributed by atoms with E-state index in [1.807, 2.05) is 49.9 Å². The summed E-state index contributed by atoms with van der Waals surface area (Å²) in [4.78, 5) is 74.2. The van der Waals surface area contributed by atoms with E-state index in [4.69, 9.17) is 9.97 Å². The molecule has 0 radical (unpaired) electrons. The molecule has 2 aromatic carbocycles. The van der Waals surface area contributed by atoms with Gasteiger partial charge in [-0.3, -0.25) is 19.2 Å². The summed E-state index contributed by atoms with van der Waals surface area (Å²) in [7, 11) is 0. The molecule has 0 unspecified atom stereocenters. The molecule has 4 amide bonds. The van der Waals surface area contributed by atoms with Gasteiger partial charge in [0.05, 0.1) is 35.9 Å². The Kier molecular flexibility index (Phi) is 11.5. The van der Waals surface area contributed by atoms with E-state index in [-0.39, 0.29) is 83.3 Å². The second-order valence-electron chi connectivity index (χ2n) is 19.0. The summed E-state index contributed by atoms with van der Waals surface area (Å²) in [5.74, 6) is 2.04. The molecule has 2 saturated heterocycles. The summed E-state index contributed by atoms with van der Waals surface area (Å²) in [6.07, 6.45) is 8.88. The summed E-state index contributed by atoms with van der Waals surface area (Å²) in [5.41, 5.74) is 5.93. The molecule has 8 rings (SSSR count). The van der Waals surface area contributed by atoms with Crippen LogP contribution >= 0.6 is 0 Å². The maximum absolute atomic E-state index is 14.1. The molecule has 4 N–H and O–H groups in total. The summed E-state index contributed by atoms with van der Waals surface area (Å²) in [5, 5.41) is 6.14. The zero-order valence-electron chi connectivity index (χ0n) is 36.4. The zero-order chi connectivity index (χ0) is 42.6. The molecule has 0 bridgehead atoms. The normalized spacial score (nSPS) is 25.2. The fourth-order valence-corrected chi connectivity index (χ4v) is 9.21. The average Bonchev–Trinajstić information content (AvgIpc) is 4.12. The minimum atomic E-state index is -0.564. The van der Waals surface area contributed by atoms with Crippen molar-refractivity contribution in [2.75, 3.05) is 0 Å². The van der Waals surface area contributed by atoms with Crippen molar-refractivity contribution in [2.24, 2.45) is 35.5 Å². The Hall–Kier alpha value is -5.26. The number of rotatable bonds is 13. The Morgan fingerprint density at radius 3 is 1.22 bits per heavy atom. The quantitative estimate of drug-likeness (QED) is 0.108. The van der Waals surface area contributed by atoms with E-state index in [2.05, 4.69) is 96.8 Å². The van der Waals surface area contributed by atoms with Crippen LogP contribution in [0.25, 0.3) is 33.6 Å². The van der Waals surface area contributed by atoms with Gasteiger partial charge in [-0.15, -0.1) is 0 Å². The van der Waals surface area contributed by atoms with Gasteiger partial charge in [0.25, 0.3) is 0 Å². The van der Waals surface area contributed by atoms with E-state index in [0.29, 0.717) is 0 Å². The van der Waals surface area contributed by atoms with Gasteiger partial charge >= 0.3 is 0 Å². The van der Waals surface area contributed by atoms with Gasteiger partial charge in [0.15, 0.2) is 0 Å². The molecule has 12 heteroatoms. The highest BCUT2D eigenvalue weighted by Gasteiger charge is 2.46. The van der Waals surface area contributed by atoms with Gasteiger partial charge in [-0.1, -0.05) is 90.1 Å². The number of likely N-dealkylation sites (tertiary alicyclic amines) is 2. The van der Waals surface area contributed by atoms with E-state index >= 15 is 0 Å². The van der Waals surface area contributed by atoms with Crippen LogP contribution in [0.15, 0.2) is 60.9 Å². The molecule has 4 aliphatic rings. The van der Waals surface area contributed by atoms with E-state index in [1.54, 1.807) is 0 Å². The van der Waals surface area contributed by atoms with Crippen molar-refractivity contribution in [3.8, 4) is 33.6 Å². The molecule has 8 atom stereocenters. The van der Waals surface area contributed by atoms with Crippen molar-refractivity contribution in [3.05, 3.63) is 72.6 Å². The van der Waals surface area contributed by atoms with Gasteiger partial charge in [0, 0.05) is 23.9 Å². The highest BCUT2D eigenvalue weighted by molar-refractivity contribution is 5.91. The third-order valence-corrected chi connectivity index (χ3v) is 13.8. The summed E-state index contributed by atoms with van der Waals surface area (Å²) >= 11 is 0. The number of benzene rings is 2. The second kappa shape index (κ2) is 16.7. The van der Waals surface area contributed by atoms with Crippen molar-refractivity contribution in [3.63, 3.8) is 0 Å². The van der Waals surface area contributed by atoms with Crippen molar-refractivity contribution < 1.29 is 19.2 Å². The molecule has 4 heterocycles. The predicted molar refractivity (Wildman–Crippen MR) is 232 cm³/mol. The fraction of sp³-hybridized carbons (Fsp3) is 0.542. The summed E-state index contributed by atoms with van der Waals surface area (Å²) in [6.45, 7) is 16.5. The molecule has 2 aliphatic heterocycles. The van der Waals surface area contributed by atoms with Crippen LogP contribution in [-0.2, 0) is 19.2 Å². The van der Waals surface area contributed by atoms with Crippen molar-refractivity contribution in [1.29, 1.82) is 0 Å². The van der Waals surface area contributed by atoms with Crippen LogP contribution in [0, 0.1) is 35.5 Å². The maximum atomic E-state index is 14.1. The van der Waals surface area contributed by atoms with Crippen LogP contribution in [0.4, 0.5) is 0 Å². The van der Waals surface area contributed by atoms with Gasteiger partial charge in [-0.2, -0.15) is 0 Å². The number of aromatic amines is 2. The first-order valence-electron chi connectivity index (χ1n) is 22.3. The number of H-pyrrole nitrogens is 2. The van der Waals surface area contributed by atoms with Crippen molar-refractivity contribution in [2.45, 2.75) is 130 Å². The molecular formula is C48H62N8O4. The van der Waals surface area contributed by atoms with Crippen LogP contribution in [0.5, 0.6) is 0 Å². The zero-order valence-corrected chi connectivity index (χ0v) is 36.4. The Bertz CT molecular complexity index is 2040. The highest BCUT2D eigenvalue weighted by atomic mass is 16.2. The number of nitrogens with zero attached hydrogens (tertiary/aromatic N) is 4. The number of hydrogen-bond acceptors (Lipinski definition) is 6. The highest BCUT2D eigenvalue weighted by Crippen LogP contribution is 2.42. The summed E-state index contributed by atoms with van der Waals surface area (Å²) < 4.78 is 0. The lowest BCUT2D eigenvalue weighted by molar-refractivity contribution is -0.141. The number of amides is 4. The molecule has 12 nitrogen and oxygen atoms in total. The van der Waals surface area contributed by atoms with Crippen molar-refractivity contribution >= 4 is 23.6 Å². The number of aromatic nitrogens is 4. The first-order chi connectivity index (χ1) is 28.7. The van der Waals surface area contributed by atoms with Crippen LogP contribution in [-0.4, -0.2) is 77.5 Å². The lowest BCUT2D eigenvalue weighted by atomic mass is 10.0. The Labute approximate surface area is 354 Å². The molecule has 60 heavy (non-hydrogen) atoms. The second-order valence-corrected chi connectivity index (χ2v) is 19.0. The molecule has 4 fully saturated rings. The van der Waals surface area contributed by atoms with Crippen LogP contribution in [0.3, 0.4) is 0 Å². The standard InChI is InChI=1S/C48H62N8O4/c1-25(2)41(53-45(57)35-17-18-35)47(59)55-29(7)27(5)21-39(55)43-49-23-37(51-43)33-13-9-31(10-14-33)32-11-15-34(16-12-32)38-24-50-44(52-38)40-22-28(6)30(8)56(40)48(60)42(26(3)4)54-46(58)36-19-20-36/h9-16,23-30,35-36,39-42H,17-22H2,1-8H3,(H,49,51)(H,50,52)(H,53,57)(H,54,58)/t27-,28-,29-,30-,39+,40+,41+,42+/m1/s1. The molecule has 2 aliphatic carbocycles. The molecule has 0 spiro atoms. The molecule has 4 aromatic rings. The SMILES string of the molecule is CC(C)[C@H](NC(=O)C1CC1)C(=O)N1[C@H](C)[C@H](C)C[C@H]1c1ncc(-c2ccc(-c3ccc(-c4cnc([C@@H]5C[C@@H](C)[C@@H](C)N5C(=O)[C@@H](NC(=O)C5CC5)C(C)C)[nH]4)cc3)cc2)[nH]1. The minimum Gasteiger partial charge on any atom is -0.344 e. The van der Waals surface area contributed by atoms with Gasteiger partial charge in [-0.25, -0.2) is 9.97 Å². The van der Waals surface area contributed by atoms with E-state index in [1.165, 1.54) is 0 Å². The van der Waals surface area contributed by atoms with E-state index in [9.17, 15) is 19.2 Å². The molecule has 318 valence electrons. The number of carbonyl (C=O) groups is 4. The van der Waals surface area contributed by atoms with Gasteiger partial charge < -0.3 is 30.4 Å². The Morgan fingerprint density at radius 2 is 0.900 bits per heavy atom. The Morgan fingerprint density at radius 1 is 0.567 bits per heavy atom. The van der Waals surface area contributed by atoms with Crippen molar-refractivity contribution in [1.82, 2.24) is 40.4 Å². The Balaban J connectivity index is 0.938. The lowest BCUT2D eigenvalue weighted by Crippen LogP contribution is -2.53. The fourth-order valence-electron chi connectivity index (χ4n) is 9.21. The maximum Gasteiger partial charge on any atom is 0.246 e. The number of hydrogen-bond donors (Lipinski definition) is 4. The first-order valence-corrected chi connectivity index (χ1v) is 22.3. The van der Waals surface area contributed by atoms with Crippen LogP contribution in [0.2, 0.25) is 0 Å². The monoisotopic (exact) mass is 814 g/mol. The van der Waals surface area contributed by atoms with Crippen LogP contribution in [0.1, 0.15) is 118 Å². The molecule has 2 saturated carbocycles. The molecular weight excluding hydrogens is 753 g/mol. The van der Waals surface area contributed by atoms with Gasteiger partial charge in [0.2, 0.25) is 23.6 Å². The topological polar surface area (TPSA) is 156 Å². The average molecular weight is 815 g/mol.